The molecular formula is C64H94N6O4Ru+4. The van der Waals surface area contributed by atoms with Crippen molar-refractivity contribution in [1.29, 1.82) is 0 Å². The van der Waals surface area contributed by atoms with Gasteiger partial charge in [0.15, 0.2) is 0 Å². The third kappa shape index (κ3) is 23.2. The van der Waals surface area contributed by atoms with E-state index < -0.39 is 11.9 Å². The van der Waals surface area contributed by atoms with E-state index in [1.54, 1.807) is 0 Å². The van der Waals surface area contributed by atoms with Crippen molar-refractivity contribution in [3.63, 3.8) is 0 Å². The summed E-state index contributed by atoms with van der Waals surface area (Å²) in [5, 5.41) is 21.4. The van der Waals surface area contributed by atoms with E-state index >= 15 is 0 Å². The predicted molar refractivity (Wildman–Crippen MR) is 304 cm³/mol. The van der Waals surface area contributed by atoms with Gasteiger partial charge in [0.1, 0.15) is 26.2 Å². The first-order valence-electron chi connectivity index (χ1n) is 27.5. The molecule has 0 radical (unpaired) electrons. The zero-order valence-electron chi connectivity index (χ0n) is 48.0. The van der Waals surface area contributed by atoms with E-state index in [1.165, 1.54) is 182 Å². The number of aromatic carboxylic acids is 2. The van der Waals surface area contributed by atoms with Gasteiger partial charge in [0.2, 0.25) is 0 Å². The number of carbonyl (C=O) groups excluding carboxylic acids is 2. The standard InChI is InChI=1S/4C13H22N.C12H8N2O4.Ru/c4*1-4-14(5-2,6-3)12-13-10-8-7-9-11-13;15-11(16)7-1-3-13-9(5-7)10-6-8(12(17)18)2-4-14-10;/h4*7-11H,4-6,12H2,1-3H3;1-6H,(H,15,16)(H,17,18);/q4*+1;;+2/p-2. The minimum Gasteiger partial charge on any atom is -0.545 e. The zero-order chi connectivity index (χ0) is 54.9. The van der Waals surface area contributed by atoms with Gasteiger partial charge in [-0.15, -0.1) is 0 Å². The van der Waals surface area contributed by atoms with E-state index in [4.69, 9.17) is 0 Å². The molecule has 10 nitrogen and oxygen atoms in total. The van der Waals surface area contributed by atoms with Crippen LogP contribution in [0.1, 0.15) is 126 Å². The zero-order valence-corrected chi connectivity index (χ0v) is 49.7. The molecule has 0 unspecified atom stereocenters. The van der Waals surface area contributed by atoms with Gasteiger partial charge in [-0.1, -0.05) is 121 Å². The number of benzene rings is 4. The summed E-state index contributed by atoms with van der Waals surface area (Å²) in [5.74, 6) is -2.68. The van der Waals surface area contributed by atoms with E-state index in [-0.39, 0.29) is 42.0 Å². The quantitative estimate of drug-likeness (QED) is 0.0467. The fourth-order valence-corrected chi connectivity index (χ4v) is 9.30. The van der Waals surface area contributed by atoms with E-state index in [0.29, 0.717) is 0 Å². The van der Waals surface area contributed by atoms with Crippen molar-refractivity contribution in [2.75, 3.05) is 78.5 Å². The molecule has 0 atom stereocenters. The first-order chi connectivity index (χ1) is 35.6. The predicted octanol–water partition coefficient (Wildman–Crippen LogP) is 11.1. The molecule has 75 heavy (non-hydrogen) atoms. The number of hydrogen-bond acceptors (Lipinski definition) is 6. The Balaban J connectivity index is 0.000000469. The van der Waals surface area contributed by atoms with Gasteiger partial charge in [0.05, 0.1) is 102 Å². The van der Waals surface area contributed by atoms with Crippen LogP contribution in [-0.4, -0.2) is 118 Å². The molecule has 0 aliphatic carbocycles. The van der Waals surface area contributed by atoms with Gasteiger partial charge >= 0.3 is 19.5 Å². The van der Waals surface area contributed by atoms with Crippen molar-refractivity contribution in [2.24, 2.45) is 0 Å². The second-order valence-electron chi connectivity index (χ2n) is 19.2. The second kappa shape index (κ2) is 36.5. The van der Waals surface area contributed by atoms with E-state index in [0.717, 1.165) is 0 Å². The van der Waals surface area contributed by atoms with E-state index in [9.17, 15) is 19.8 Å². The van der Waals surface area contributed by atoms with Gasteiger partial charge in [-0.3, -0.25) is 9.97 Å². The smallest absolute Gasteiger partial charge is 0.545 e. The normalized spacial score (nSPS) is 11.1. The molecule has 6 aromatic rings. The van der Waals surface area contributed by atoms with Crippen molar-refractivity contribution in [3.8, 4) is 11.4 Å². The molecule has 2 heterocycles. The molecule has 0 aliphatic heterocycles. The van der Waals surface area contributed by atoms with Crippen LogP contribution in [0.2, 0.25) is 0 Å². The van der Waals surface area contributed by atoms with E-state index in [1.807, 2.05) is 0 Å². The van der Waals surface area contributed by atoms with Crippen molar-refractivity contribution >= 4 is 11.9 Å². The summed E-state index contributed by atoms with van der Waals surface area (Å²) in [7, 11) is 0. The van der Waals surface area contributed by atoms with Gasteiger partial charge in [-0.2, -0.15) is 0 Å². The molecule has 11 heteroatoms. The number of quaternary nitrogens is 4. The molecule has 2 aromatic heterocycles. The fraction of sp³-hybridized carbons (Fsp3) is 0.438. The Kier molecular flexibility index (Phi) is 32.9. The molecule has 6 rings (SSSR count). The molecule has 4 aromatic carbocycles. The summed E-state index contributed by atoms with van der Waals surface area (Å²) in [6.45, 7) is 46.8. The first-order valence-corrected chi connectivity index (χ1v) is 27.5. The van der Waals surface area contributed by atoms with E-state index in [2.05, 4.69) is 214 Å². The summed E-state index contributed by atoms with van der Waals surface area (Å²) in [6, 6.07) is 48.3. The number of carbonyl (C=O) groups is 2. The first kappa shape index (κ1) is 67.6. The number of pyridine rings is 2. The summed E-state index contributed by atoms with van der Waals surface area (Å²) in [5.41, 5.74) is 6.22. The van der Waals surface area contributed by atoms with Crippen LogP contribution in [-0.2, 0) is 45.7 Å². The minimum absolute atomic E-state index is 0. The van der Waals surface area contributed by atoms with Crippen LogP contribution >= 0.6 is 0 Å². The maximum Gasteiger partial charge on any atom is 2.00 e. The third-order valence-corrected chi connectivity index (χ3v) is 15.7. The third-order valence-electron chi connectivity index (χ3n) is 15.7. The molecule has 0 amide bonds. The summed E-state index contributed by atoms with van der Waals surface area (Å²) < 4.78 is 4.79. The topological polar surface area (TPSA) is 106 Å². The number of hydrogen-bond donors (Lipinski definition) is 0. The molecule has 0 N–H and O–H groups in total. The number of aromatic nitrogens is 2. The molecule has 0 fully saturated rings. The maximum absolute atomic E-state index is 10.7. The maximum atomic E-state index is 10.7. The van der Waals surface area contributed by atoms with Crippen LogP contribution in [0.25, 0.3) is 11.4 Å². The largest absolute Gasteiger partial charge is 2.00 e. The van der Waals surface area contributed by atoms with Gasteiger partial charge in [-0.05, 0) is 107 Å². The average molecular weight is 1110 g/mol. The average Bonchev–Trinajstić information content (AvgIpc) is 3.46. The van der Waals surface area contributed by atoms with Crippen LogP contribution in [0.3, 0.4) is 0 Å². The van der Waals surface area contributed by atoms with Crippen molar-refractivity contribution in [2.45, 2.75) is 109 Å². The fourth-order valence-electron chi connectivity index (χ4n) is 9.30. The summed E-state index contributed by atoms with van der Waals surface area (Å²) >= 11 is 0. The van der Waals surface area contributed by atoms with Crippen molar-refractivity contribution < 1.29 is 57.2 Å². The SMILES string of the molecule is CC[N+](CC)(CC)Cc1ccccc1.CC[N+](CC)(CC)Cc1ccccc1.CC[N+](CC)(CC)Cc1ccccc1.CC[N+](CC)(CC)Cc1ccccc1.O=C([O-])c1ccnc(-c2cc(C(=O)[O-])ccn2)c1.[Ru+2]. The molecule has 0 saturated carbocycles. The number of carboxylic acids is 2. The number of nitrogens with zero attached hydrogens (tertiary/aromatic N) is 6. The molecular weight excluding hydrogens is 1020 g/mol. The molecule has 408 valence electrons. The summed E-state index contributed by atoms with van der Waals surface area (Å²) in [6.07, 6.45) is 2.57. The Hall–Kier alpha value is -5.42. The van der Waals surface area contributed by atoms with Crippen LogP contribution in [0.4, 0.5) is 0 Å². The Bertz CT molecular complexity index is 2090. The second-order valence-corrected chi connectivity index (χ2v) is 19.2. The Labute approximate surface area is 467 Å². The van der Waals surface area contributed by atoms with Gasteiger partial charge < -0.3 is 37.7 Å². The summed E-state index contributed by atoms with van der Waals surface area (Å²) in [4.78, 5) is 29.2. The molecule has 0 spiro atoms. The van der Waals surface area contributed by atoms with Crippen molar-refractivity contribution in [3.05, 3.63) is 191 Å². The van der Waals surface area contributed by atoms with Crippen LogP contribution in [0.5, 0.6) is 0 Å². The Morgan fingerprint density at radius 3 is 0.680 bits per heavy atom. The number of carboxylic acid groups (broad SMARTS) is 2. The monoisotopic (exact) mass is 1110 g/mol. The number of rotatable bonds is 23. The molecule has 0 bridgehead atoms. The Morgan fingerprint density at radius 1 is 0.333 bits per heavy atom. The van der Waals surface area contributed by atoms with Crippen LogP contribution in [0, 0.1) is 0 Å². The van der Waals surface area contributed by atoms with Crippen LogP contribution < -0.4 is 10.2 Å². The molecule has 0 saturated heterocycles. The van der Waals surface area contributed by atoms with Crippen LogP contribution in [0.15, 0.2) is 158 Å². The minimum atomic E-state index is -1.34. The molecule has 0 aliphatic rings. The van der Waals surface area contributed by atoms with Gasteiger partial charge in [0, 0.05) is 45.8 Å². The van der Waals surface area contributed by atoms with Crippen molar-refractivity contribution in [1.82, 2.24) is 9.97 Å². The Morgan fingerprint density at radius 2 is 0.520 bits per heavy atom. The van der Waals surface area contributed by atoms with Gasteiger partial charge in [0.25, 0.3) is 0 Å². The van der Waals surface area contributed by atoms with Gasteiger partial charge in [-0.25, -0.2) is 0 Å².